The van der Waals surface area contributed by atoms with E-state index >= 15 is 0 Å². The van der Waals surface area contributed by atoms with Crippen molar-refractivity contribution in [3.63, 3.8) is 0 Å². The second kappa shape index (κ2) is 7.38. The summed E-state index contributed by atoms with van der Waals surface area (Å²) in [6, 6.07) is 21.4. The SMILES string of the molecule is BrC(CCCc1ccccc1)Cc1ccccc1. The number of benzene rings is 2. The molecule has 0 saturated carbocycles. The van der Waals surface area contributed by atoms with Gasteiger partial charge in [-0.2, -0.15) is 0 Å². The van der Waals surface area contributed by atoms with Crippen LogP contribution in [0.2, 0.25) is 0 Å². The molecule has 2 aromatic rings. The summed E-state index contributed by atoms with van der Waals surface area (Å²) in [5, 5.41) is 0. The van der Waals surface area contributed by atoms with Crippen LogP contribution in [0.4, 0.5) is 0 Å². The minimum absolute atomic E-state index is 0.587. The molecule has 0 heterocycles. The van der Waals surface area contributed by atoms with E-state index in [-0.39, 0.29) is 0 Å². The van der Waals surface area contributed by atoms with Crippen LogP contribution in [0.15, 0.2) is 60.7 Å². The summed E-state index contributed by atoms with van der Waals surface area (Å²) in [5.41, 5.74) is 2.86. The van der Waals surface area contributed by atoms with Crippen LogP contribution in [0, 0.1) is 0 Å². The molecule has 2 rings (SSSR count). The summed E-state index contributed by atoms with van der Waals surface area (Å²) < 4.78 is 0. The average molecular weight is 303 g/mol. The van der Waals surface area contributed by atoms with E-state index < -0.39 is 0 Å². The van der Waals surface area contributed by atoms with Crippen molar-refractivity contribution in [1.29, 1.82) is 0 Å². The molecule has 0 aliphatic carbocycles. The maximum Gasteiger partial charge on any atom is 0.0186 e. The van der Waals surface area contributed by atoms with Gasteiger partial charge in [-0.3, -0.25) is 0 Å². The van der Waals surface area contributed by atoms with Crippen molar-refractivity contribution in [2.75, 3.05) is 0 Å². The highest BCUT2D eigenvalue weighted by Crippen LogP contribution is 2.16. The van der Waals surface area contributed by atoms with Gasteiger partial charge in [-0.05, 0) is 36.8 Å². The van der Waals surface area contributed by atoms with Crippen LogP contribution < -0.4 is 0 Å². The average Bonchev–Trinajstić information content (AvgIpc) is 2.41. The van der Waals surface area contributed by atoms with Gasteiger partial charge in [0.25, 0.3) is 0 Å². The summed E-state index contributed by atoms with van der Waals surface area (Å²) in [6.07, 6.45) is 4.77. The molecule has 0 aliphatic rings. The lowest BCUT2D eigenvalue weighted by molar-refractivity contribution is 0.701. The molecular weight excluding hydrogens is 284 g/mol. The van der Waals surface area contributed by atoms with Crippen LogP contribution in [-0.2, 0) is 12.8 Å². The lowest BCUT2D eigenvalue weighted by Gasteiger charge is -2.09. The highest BCUT2D eigenvalue weighted by molar-refractivity contribution is 9.09. The lowest BCUT2D eigenvalue weighted by atomic mass is 10.0. The van der Waals surface area contributed by atoms with Crippen LogP contribution >= 0.6 is 15.9 Å². The summed E-state index contributed by atoms with van der Waals surface area (Å²) in [7, 11) is 0. The Bertz CT molecular complexity index is 436. The van der Waals surface area contributed by atoms with Gasteiger partial charge in [-0.1, -0.05) is 76.6 Å². The van der Waals surface area contributed by atoms with Crippen molar-refractivity contribution >= 4 is 15.9 Å². The van der Waals surface area contributed by atoms with Gasteiger partial charge in [0, 0.05) is 4.83 Å². The molecular formula is C17H19Br. The van der Waals surface area contributed by atoms with Gasteiger partial charge in [0.1, 0.15) is 0 Å². The van der Waals surface area contributed by atoms with Gasteiger partial charge in [0.2, 0.25) is 0 Å². The zero-order chi connectivity index (χ0) is 12.6. The van der Waals surface area contributed by atoms with E-state index in [0.717, 1.165) is 6.42 Å². The zero-order valence-corrected chi connectivity index (χ0v) is 12.1. The van der Waals surface area contributed by atoms with Crippen molar-refractivity contribution < 1.29 is 0 Å². The molecule has 18 heavy (non-hydrogen) atoms. The number of hydrogen-bond acceptors (Lipinski definition) is 0. The number of halogens is 1. The quantitative estimate of drug-likeness (QED) is 0.658. The first-order chi connectivity index (χ1) is 8.84. The summed E-state index contributed by atoms with van der Waals surface area (Å²) in [5.74, 6) is 0. The van der Waals surface area contributed by atoms with Crippen LogP contribution in [0.5, 0.6) is 0 Å². The van der Waals surface area contributed by atoms with E-state index in [2.05, 4.69) is 76.6 Å². The predicted octanol–water partition coefficient (Wildman–Crippen LogP) is 5.02. The second-order valence-corrected chi connectivity index (χ2v) is 5.96. The Hall–Kier alpha value is -1.08. The van der Waals surface area contributed by atoms with E-state index in [4.69, 9.17) is 0 Å². The Morgan fingerprint density at radius 3 is 1.94 bits per heavy atom. The predicted molar refractivity (Wildman–Crippen MR) is 82.2 cm³/mol. The molecule has 1 heteroatoms. The van der Waals surface area contributed by atoms with E-state index in [1.165, 1.54) is 30.4 Å². The third-order valence-electron chi connectivity index (χ3n) is 3.13. The van der Waals surface area contributed by atoms with Gasteiger partial charge >= 0.3 is 0 Å². The van der Waals surface area contributed by atoms with Crippen LogP contribution in [0.1, 0.15) is 24.0 Å². The van der Waals surface area contributed by atoms with E-state index in [1.54, 1.807) is 0 Å². The Labute approximate surface area is 118 Å². The van der Waals surface area contributed by atoms with Gasteiger partial charge in [-0.25, -0.2) is 0 Å². The smallest absolute Gasteiger partial charge is 0.0186 e. The third kappa shape index (κ3) is 4.66. The largest absolute Gasteiger partial charge is 0.0887 e. The molecule has 0 fully saturated rings. The van der Waals surface area contributed by atoms with Gasteiger partial charge < -0.3 is 0 Å². The van der Waals surface area contributed by atoms with Gasteiger partial charge in [0.15, 0.2) is 0 Å². The molecule has 0 aliphatic heterocycles. The normalized spacial score (nSPS) is 12.3. The van der Waals surface area contributed by atoms with Gasteiger partial charge in [0.05, 0.1) is 0 Å². The molecule has 0 spiro atoms. The van der Waals surface area contributed by atoms with Crippen LogP contribution in [0.25, 0.3) is 0 Å². The molecule has 1 atom stereocenters. The lowest BCUT2D eigenvalue weighted by Crippen LogP contribution is -2.03. The number of aryl methyl sites for hydroxylation is 1. The first kappa shape index (κ1) is 13.4. The van der Waals surface area contributed by atoms with Crippen molar-refractivity contribution in [3.05, 3.63) is 71.8 Å². The van der Waals surface area contributed by atoms with E-state index in [0.29, 0.717) is 4.83 Å². The first-order valence-corrected chi connectivity index (χ1v) is 7.48. The number of alkyl halides is 1. The van der Waals surface area contributed by atoms with E-state index in [9.17, 15) is 0 Å². The van der Waals surface area contributed by atoms with Crippen LogP contribution in [0.3, 0.4) is 0 Å². The highest BCUT2D eigenvalue weighted by atomic mass is 79.9. The monoisotopic (exact) mass is 302 g/mol. The van der Waals surface area contributed by atoms with Crippen molar-refractivity contribution in [2.24, 2.45) is 0 Å². The Morgan fingerprint density at radius 2 is 1.33 bits per heavy atom. The minimum Gasteiger partial charge on any atom is -0.0887 e. The fraction of sp³-hybridized carbons (Fsp3) is 0.294. The molecule has 0 nitrogen and oxygen atoms in total. The fourth-order valence-corrected chi connectivity index (χ4v) is 2.84. The molecule has 94 valence electrons. The highest BCUT2D eigenvalue weighted by Gasteiger charge is 2.05. The molecule has 0 N–H and O–H groups in total. The standard InChI is InChI=1S/C17H19Br/c18-17(14-16-10-5-2-6-11-16)13-7-12-15-8-3-1-4-9-15/h1-6,8-11,17H,7,12-14H2. The molecule has 0 bridgehead atoms. The Morgan fingerprint density at radius 1 is 0.778 bits per heavy atom. The summed E-state index contributed by atoms with van der Waals surface area (Å²) in [4.78, 5) is 0.587. The molecule has 1 unspecified atom stereocenters. The Balaban J connectivity index is 1.71. The third-order valence-corrected chi connectivity index (χ3v) is 3.91. The second-order valence-electron chi connectivity index (χ2n) is 4.66. The van der Waals surface area contributed by atoms with E-state index in [1.807, 2.05) is 0 Å². The minimum atomic E-state index is 0.587. The molecule has 0 saturated heterocycles. The molecule has 2 aromatic carbocycles. The maximum absolute atomic E-state index is 3.79. The summed E-state index contributed by atoms with van der Waals surface area (Å²) >= 11 is 3.79. The molecule has 0 radical (unpaired) electrons. The van der Waals surface area contributed by atoms with Crippen LogP contribution in [-0.4, -0.2) is 4.83 Å². The molecule has 0 aromatic heterocycles. The molecule has 0 amide bonds. The Kier molecular flexibility index (Phi) is 5.47. The number of hydrogen-bond donors (Lipinski definition) is 0. The fourth-order valence-electron chi connectivity index (χ4n) is 2.14. The van der Waals surface area contributed by atoms with Crippen molar-refractivity contribution in [2.45, 2.75) is 30.5 Å². The topological polar surface area (TPSA) is 0 Å². The van der Waals surface area contributed by atoms with Crippen molar-refractivity contribution in [1.82, 2.24) is 0 Å². The number of rotatable bonds is 6. The van der Waals surface area contributed by atoms with Gasteiger partial charge in [-0.15, -0.1) is 0 Å². The maximum atomic E-state index is 3.79. The summed E-state index contributed by atoms with van der Waals surface area (Å²) in [6.45, 7) is 0. The first-order valence-electron chi connectivity index (χ1n) is 6.56. The van der Waals surface area contributed by atoms with Crippen molar-refractivity contribution in [3.8, 4) is 0 Å². The zero-order valence-electron chi connectivity index (χ0n) is 10.6.